The van der Waals surface area contributed by atoms with Crippen molar-refractivity contribution >= 4 is 11.6 Å². The maximum atomic E-state index is 12.7. The number of rotatable bonds is 3. The van der Waals surface area contributed by atoms with Crippen molar-refractivity contribution in [1.29, 1.82) is 0 Å². The van der Waals surface area contributed by atoms with E-state index in [1.165, 1.54) is 0 Å². The highest BCUT2D eigenvalue weighted by molar-refractivity contribution is 5.94. The first-order chi connectivity index (χ1) is 10.6. The number of carbonyl (C=O) groups is 1. The summed E-state index contributed by atoms with van der Waals surface area (Å²) in [4.78, 5) is 12.7. The lowest BCUT2D eigenvalue weighted by atomic mass is 9.90. The van der Waals surface area contributed by atoms with E-state index in [1.807, 2.05) is 20.2 Å². The lowest BCUT2D eigenvalue weighted by Gasteiger charge is -2.30. The average molecular weight is 304 g/mol. The van der Waals surface area contributed by atoms with Gasteiger partial charge in [0, 0.05) is 25.4 Å². The predicted molar refractivity (Wildman–Crippen MR) is 79.2 cm³/mol. The standard InChI is InChI=1S/C15H20N4O3/c1-9-13(10(2)22-18-9)17-15(20)12-5-4-6-21-14(12)11-7-16-19(3)8-11/h7-8,12,14H,4-6H2,1-3H3,(H,17,20)/t12-,14+/m1/s1. The van der Waals surface area contributed by atoms with Crippen LogP contribution in [0, 0.1) is 19.8 Å². The fraction of sp³-hybridized carbons (Fsp3) is 0.533. The minimum Gasteiger partial charge on any atom is -0.373 e. The van der Waals surface area contributed by atoms with Crippen molar-refractivity contribution in [2.75, 3.05) is 11.9 Å². The van der Waals surface area contributed by atoms with Gasteiger partial charge in [-0.25, -0.2) is 0 Å². The Kier molecular flexibility index (Phi) is 3.98. The molecular formula is C15H20N4O3. The molecule has 3 rings (SSSR count). The van der Waals surface area contributed by atoms with E-state index in [1.54, 1.807) is 17.8 Å². The van der Waals surface area contributed by atoms with Gasteiger partial charge in [0.1, 0.15) is 11.4 Å². The van der Waals surface area contributed by atoms with Gasteiger partial charge >= 0.3 is 0 Å². The van der Waals surface area contributed by atoms with Crippen LogP contribution in [0.3, 0.4) is 0 Å². The van der Waals surface area contributed by atoms with Crippen molar-refractivity contribution < 1.29 is 14.1 Å². The molecule has 0 bridgehead atoms. The maximum absolute atomic E-state index is 12.7. The van der Waals surface area contributed by atoms with Crippen LogP contribution >= 0.6 is 0 Å². The summed E-state index contributed by atoms with van der Waals surface area (Å²) in [5.41, 5.74) is 2.27. The van der Waals surface area contributed by atoms with E-state index in [9.17, 15) is 4.79 Å². The van der Waals surface area contributed by atoms with E-state index < -0.39 is 0 Å². The number of anilines is 1. The van der Waals surface area contributed by atoms with Gasteiger partial charge < -0.3 is 14.6 Å². The summed E-state index contributed by atoms with van der Waals surface area (Å²) in [7, 11) is 1.85. The molecule has 1 amide bonds. The van der Waals surface area contributed by atoms with E-state index in [0.29, 0.717) is 23.7 Å². The third-order valence-corrected chi connectivity index (χ3v) is 3.99. The summed E-state index contributed by atoms with van der Waals surface area (Å²) in [6.45, 7) is 4.25. The van der Waals surface area contributed by atoms with Gasteiger partial charge in [0.15, 0.2) is 5.76 Å². The lowest BCUT2D eigenvalue weighted by Crippen LogP contribution is -2.33. The highest BCUT2D eigenvalue weighted by Gasteiger charge is 2.34. The Hall–Kier alpha value is -2.15. The first kappa shape index (κ1) is 14.8. The zero-order valence-electron chi connectivity index (χ0n) is 13.0. The van der Waals surface area contributed by atoms with Gasteiger partial charge in [-0.3, -0.25) is 9.48 Å². The lowest BCUT2D eigenvalue weighted by molar-refractivity contribution is -0.129. The van der Waals surface area contributed by atoms with Gasteiger partial charge in [-0.15, -0.1) is 0 Å². The molecule has 0 aliphatic carbocycles. The quantitative estimate of drug-likeness (QED) is 0.939. The summed E-state index contributed by atoms with van der Waals surface area (Å²) in [5, 5.41) is 11.0. The monoisotopic (exact) mass is 304 g/mol. The number of nitrogens with zero attached hydrogens (tertiary/aromatic N) is 3. The Morgan fingerprint density at radius 2 is 2.27 bits per heavy atom. The van der Waals surface area contributed by atoms with E-state index in [4.69, 9.17) is 9.26 Å². The Morgan fingerprint density at radius 1 is 1.45 bits per heavy atom. The highest BCUT2D eigenvalue weighted by atomic mass is 16.5. The van der Waals surface area contributed by atoms with E-state index in [0.717, 1.165) is 18.4 Å². The Labute approximate surface area is 128 Å². The molecule has 3 heterocycles. The number of carbonyl (C=O) groups excluding carboxylic acids is 1. The summed E-state index contributed by atoms with van der Waals surface area (Å²) in [6.07, 6.45) is 5.05. The molecule has 118 valence electrons. The largest absolute Gasteiger partial charge is 0.373 e. The molecule has 0 spiro atoms. The van der Waals surface area contributed by atoms with Crippen LogP contribution in [0.5, 0.6) is 0 Å². The molecule has 1 aliphatic rings. The second kappa shape index (κ2) is 5.92. The number of ether oxygens (including phenoxy) is 1. The maximum Gasteiger partial charge on any atom is 0.230 e. The molecule has 0 saturated carbocycles. The first-order valence-corrected chi connectivity index (χ1v) is 7.40. The zero-order chi connectivity index (χ0) is 15.7. The normalized spacial score (nSPS) is 21.8. The molecule has 1 saturated heterocycles. The molecule has 0 aromatic carbocycles. The van der Waals surface area contributed by atoms with Crippen LogP contribution < -0.4 is 5.32 Å². The smallest absolute Gasteiger partial charge is 0.230 e. The number of nitrogens with one attached hydrogen (secondary N) is 1. The molecule has 0 radical (unpaired) electrons. The molecular weight excluding hydrogens is 284 g/mol. The molecule has 7 heteroatoms. The number of aromatic nitrogens is 3. The Morgan fingerprint density at radius 3 is 2.91 bits per heavy atom. The number of hydrogen-bond acceptors (Lipinski definition) is 5. The van der Waals surface area contributed by atoms with Crippen LogP contribution in [0.2, 0.25) is 0 Å². The van der Waals surface area contributed by atoms with E-state index in [-0.39, 0.29) is 17.9 Å². The molecule has 2 atom stereocenters. The molecule has 1 aliphatic heterocycles. The molecule has 7 nitrogen and oxygen atoms in total. The van der Waals surface area contributed by atoms with Gasteiger partial charge in [-0.1, -0.05) is 5.16 Å². The van der Waals surface area contributed by atoms with Crippen LogP contribution in [0.4, 0.5) is 5.69 Å². The zero-order valence-corrected chi connectivity index (χ0v) is 13.0. The van der Waals surface area contributed by atoms with Crippen molar-refractivity contribution in [3.8, 4) is 0 Å². The minimum atomic E-state index is -0.261. The third-order valence-electron chi connectivity index (χ3n) is 3.99. The predicted octanol–water partition coefficient (Wildman–Crippen LogP) is 2.13. The van der Waals surface area contributed by atoms with Gasteiger partial charge in [-0.05, 0) is 26.7 Å². The Bertz CT molecular complexity index is 657. The van der Waals surface area contributed by atoms with Crippen LogP contribution in [0.1, 0.15) is 36.0 Å². The van der Waals surface area contributed by atoms with Crippen molar-refractivity contribution in [1.82, 2.24) is 14.9 Å². The molecule has 2 aromatic heterocycles. The van der Waals surface area contributed by atoms with Crippen LogP contribution in [0.25, 0.3) is 0 Å². The van der Waals surface area contributed by atoms with Gasteiger partial charge in [0.2, 0.25) is 5.91 Å². The topological polar surface area (TPSA) is 82.2 Å². The van der Waals surface area contributed by atoms with Gasteiger partial charge in [0.25, 0.3) is 0 Å². The van der Waals surface area contributed by atoms with Gasteiger partial charge in [-0.2, -0.15) is 5.10 Å². The average Bonchev–Trinajstić information content (AvgIpc) is 3.08. The summed E-state index contributed by atoms with van der Waals surface area (Å²) in [5.74, 6) is 0.301. The van der Waals surface area contributed by atoms with Crippen LogP contribution in [-0.4, -0.2) is 27.5 Å². The van der Waals surface area contributed by atoms with Crippen molar-refractivity contribution in [3.05, 3.63) is 29.4 Å². The third kappa shape index (κ3) is 2.76. The summed E-state index contributed by atoms with van der Waals surface area (Å²) >= 11 is 0. The summed E-state index contributed by atoms with van der Waals surface area (Å²) < 4.78 is 12.6. The Balaban J connectivity index is 1.80. The second-order valence-corrected chi connectivity index (χ2v) is 5.68. The molecule has 2 aromatic rings. The van der Waals surface area contributed by atoms with Crippen molar-refractivity contribution in [3.63, 3.8) is 0 Å². The SMILES string of the molecule is Cc1noc(C)c1NC(=O)[C@@H]1CCCO[C@H]1c1cnn(C)c1. The van der Waals surface area contributed by atoms with Crippen LogP contribution in [0.15, 0.2) is 16.9 Å². The van der Waals surface area contributed by atoms with E-state index >= 15 is 0 Å². The molecule has 22 heavy (non-hydrogen) atoms. The van der Waals surface area contributed by atoms with Crippen molar-refractivity contribution in [2.24, 2.45) is 13.0 Å². The number of aryl methyl sites for hydroxylation is 3. The minimum absolute atomic E-state index is 0.0667. The number of amides is 1. The molecule has 1 N–H and O–H groups in total. The van der Waals surface area contributed by atoms with Gasteiger partial charge in [0.05, 0.1) is 18.2 Å². The second-order valence-electron chi connectivity index (χ2n) is 5.68. The first-order valence-electron chi connectivity index (χ1n) is 7.40. The van der Waals surface area contributed by atoms with Crippen LogP contribution in [-0.2, 0) is 16.6 Å². The van der Waals surface area contributed by atoms with E-state index in [2.05, 4.69) is 15.6 Å². The van der Waals surface area contributed by atoms with Crippen molar-refractivity contribution in [2.45, 2.75) is 32.8 Å². The summed E-state index contributed by atoms with van der Waals surface area (Å²) in [6, 6.07) is 0. The molecule has 1 fully saturated rings. The fourth-order valence-corrected chi connectivity index (χ4v) is 2.84. The fourth-order valence-electron chi connectivity index (χ4n) is 2.84. The number of hydrogen-bond donors (Lipinski definition) is 1. The molecule has 0 unspecified atom stereocenters. The highest BCUT2D eigenvalue weighted by Crippen LogP contribution is 2.34.